The normalized spacial score (nSPS) is 22.5. The second kappa shape index (κ2) is 3.55. The summed E-state index contributed by atoms with van der Waals surface area (Å²) in [6, 6.07) is 10.6. The van der Waals surface area contributed by atoms with Gasteiger partial charge in [0.1, 0.15) is 0 Å². The van der Waals surface area contributed by atoms with Crippen LogP contribution < -0.4 is 5.32 Å². The lowest BCUT2D eigenvalue weighted by molar-refractivity contribution is 0.662. The molecule has 0 bridgehead atoms. The van der Waals surface area contributed by atoms with Crippen molar-refractivity contribution < 1.29 is 0 Å². The molecular formula is C11H13N. The zero-order valence-corrected chi connectivity index (χ0v) is 7.03. The van der Waals surface area contributed by atoms with Crippen LogP contribution in [-0.4, -0.2) is 13.1 Å². The molecule has 1 aliphatic rings. The summed E-state index contributed by atoms with van der Waals surface area (Å²) in [5.74, 6) is 0.569. The average molecular weight is 159 g/mol. The van der Waals surface area contributed by atoms with E-state index in [1.165, 1.54) is 5.56 Å². The summed E-state index contributed by atoms with van der Waals surface area (Å²) in [4.78, 5) is 0. The number of nitrogens with one attached hydrogen (secondary N) is 1. The maximum atomic E-state index is 3.35. The van der Waals surface area contributed by atoms with E-state index >= 15 is 0 Å². The third-order valence-electron chi connectivity index (χ3n) is 2.22. The maximum Gasteiger partial charge on any atom is 0.0144 e. The first-order valence-corrected chi connectivity index (χ1v) is 4.39. The molecule has 1 aliphatic heterocycles. The molecule has 0 saturated heterocycles. The van der Waals surface area contributed by atoms with E-state index in [1.54, 1.807) is 0 Å². The number of hydrogen-bond acceptors (Lipinski definition) is 1. The first-order chi connectivity index (χ1) is 5.97. The monoisotopic (exact) mass is 159 g/mol. The van der Waals surface area contributed by atoms with E-state index in [4.69, 9.17) is 0 Å². The highest BCUT2D eigenvalue weighted by Crippen LogP contribution is 2.17. The molecule has 0 spiro atoms. The summed E-state index contributed by atoms with van der Waals surface area (Å²) in [7, 11) is 0. The van der Waals surface area contributed by atoms with Crippen LogP contribution in [0.5, 0.6) is 0 Å². The third-order valence-corrected chi connectivity index (χ3v) is 2.22. The van der Waals surface area contributed by atoms with Gasteiger partial charge in [0.05, 0.1) is 0 Å². The smallest absolute Gasteiger partial charge is 0.0144 e. The molecule has 1 unspecified atom stereocenters. The minimum Gasteiger partial charge on any atom is -0.312 e. The van der Waals surface area contributed by atoms with Crippen molar-refractivity contribution in [1.29, 1.82) is 0 Å². The Morgan fingerprint density at radius 3 is 2.67 bits per heavy atom. The fourth-order valence-electron chi connectivity index (χ4n) is 1.55. The molecule has 0 aliphatic carbocycles. The zero-order valence-electron chi connectivity index (χ0n) is 7.03. The minimum absolute atomic E-state index is 0.569. The van der Waals surface area contributed by atoms with Crippen LogP contribution in [0.25, 0.3) is 0 Å². The van der Waals surface area contributed by atoms with Gasteiger partial charge in [0.15, 0.2) is 0 Å². The molecule has 1 heteroatoms. The van der Waals surface area contributed by atoms with Gasteiger partial charge in [-0.1, -0.05) is 42.5 Å². The van der Waals surface area contributed by atoms with E-state index in [1.807, 2.05) is 0 Å². The molecular weight excluding hydrogens is 146 g/mol. The van der Waals surface area contributed by atoms with Crippen molar-refractivity contribution in [3.63, 3.8) is 0 Å². The van der Waals surface area contributed by atoms with Gasteiger partial charge in [0.25, 0.3) is 0 Å². The van der Waals surface area contributed by atoms with Gasteiger partial charge in [-0.2, -0.15) is 0 Å². The van der Waals surface area contributed by atoms with E-state index in [0.717, 1.165) is 13.1 Å². The quantitative estimate of drug-likeness (QED) is 0.617. The highest BCUT2D eigenvalue weighted by Gasteiger charge is 2.08. The van der Waals surface area contributed by atoms with Crippen LogP contribution in [0.2, 0.25) is 0 Å². The minimum atomic E-state index is 0.569. The Balaban J connectivity index is 2.19. The van der Waals surface area contributed by atoms with Gasteiger partial charge in [0.2, 0.25) is 0 Å². The predicted octanol–water partition coefficient (Wildman–Crippen LogP) is 1.93. The first-order valence-electron chi connectivity index (χ1n) is 4.39. The topological polar surface area (TPSA) is 12.0 Å². The molecule has 1 nitrogen and oxygen atoms in total. The summed E-state index contributed by atoms with van der Waals surface area (Å²) in [6.45, 7) is 2.09. The van der Waals surface area contributed by atoms with Crippen LogP contribution in [0.1, 0.15) is 11.5 Å². The second-order valence-corrected chi connectivity index (χ2v) is 3.10. The molecule has 0 saturated carbocycles. The Labute approximate surface area is 73.1 Å². The van der Waals surface area contributed by atoms with Crippen molar-refractivity contribution in [2.45, 2.75) is 5.92 Å². The molecule has 12 heavy (non-hydrogen) atoms. The second-order valence-electron chi connectivity index (χ2n) is 3.10. The SMILES string of the molecule is C1=CC(c2ccccc2)CNC1. The Morgan fingerprint density at radius 2 is 2.00 bits per heavy atom. The molecule has 62 valence electrons. The van der Waals surface area contributed by atoms with Crippen molar-refractivity contribution in [3.8, 4) is 0 Å². The highest BCUT2D eigenvalue weighted by atomic mass is 14.9. The zero-order chi connectivity index (χ0) is 8.23. The molecule has 1 heterocycles. The molecule has 1 aromatic carbocycles. The summed E-state index contributed by atoms with van der Waals surface area (Å²) in [5.41, 5.74) is 1.40. The Hall–Kier alpha value is -1.08. The highest BCUT2D eigenvalue weighted by molar-refractivity contribution is 5.25. The lowest BCUT2D eigenvalue weighted by Gasteiger charge is -2.17. The summed E-state index contributed by atoms with van der Waals surface area (Å²) >= 11 is 0. The lowest BCUT2D eigenvalue weighted by atomic mass is 9.97. The molecule has 0 aromatic heterocycles. The van der Waals surface area contributed by atoms with Crippen LogP contribution in [0.15, 0.2) is 42.5 Å². The number of rotatable bonds is 1. The summed E-state index contributed by atoms with van der Waals surface area (Å²) in [6.07, 6.45) is 4.48. The van der Waals surface area contributed by atoms with Gasteiger partial charge in [-0.3, -0.25) is 0 Å². The molecule has 0 amide bonds. The Morgan fingerprint density at radius 1 is 1.17 bits per heavy atom. The Kier molecular flexibility index (Phi) is 2.23. The molecule has 1 aromatic rings. The fraction of sp³-hybridized carbons (Fsp3) is 0.273. The van der Waals surface area contributed by atoms with Crippen molar-refractivity contribution >= 4 is 0 Å². The van der Waals surface area contributed by atoms with E-state index in [2.05, 4.69) is 47.8 Å². The van der Waals surface area contributed by atoms with Crippen LogP contribution in [0.3, 0.4) is 0 Å². The van der Waals surface area contributed by atoms with Crippen molar-refractivity contribution in [3.05, 3.63) is 48.0 Å². The van der Waals surface area contributed by atoms with Crippen LogP contribution in [0, 0.1) is 0 Å². The Bertz CT molecular complexity index is 264. The predicted molar refractivity (Wildman–Crippen MR) is 51.2 cm³/mol. The first kappa shape index (κ1) is 7.56. The van der Waals surface area contributed by atoms with Crippen LogP contribution in [-0.2, 0) is 0 Å². The van der Waals surface area contributed by atoms with Gasteiger partial charge >= 0.3 is 0 Å². The van der Waals surface area contributed by atoms with Crippen molar-refractivity contribution in [2.75, 3.05) is 13.1 Å². The van der Waals surface area contributed by atoms with E-state index in [9.17, 15) is 0 Å². The fourth-order valence-corrected chi connectivity index (χ4v) is 1.55. The number of hydrogen-bond donors (Lipinski definition) is 1. The van der Waals surface area contributed by atoms with Crippen LogP contribution >= 0.6 is 0 Å². The maximum absolute atomic E-state index is 3.35. The molecule has 0 fully saturated rings. The van der Waals surface area contributed by atoms with E-state index in [0.29, 0.717) is 5.92 Å². The van der Waals surface area contributed by atoms with Gasteiger partial charge in [-0.25, -0.2) is 0 Å². The van der Waals surface area contributed by atoms with E-state index in [-0.39, 0.29) is 0 Å². The van der Waals surface area contributed by atoms with E-state index < -0.39 is 0 Å². The number of benzene rings is 1. The van der Waals surface area contributed by atoms with Crippen molar-refractivity contribution in [1.82, 2.24) is 5.32 Å². The van der Waals surface area contributed by atoms with Gasteiger partial charge in [-0.05, 0) is 5.56 Å². The molecule has 2 rings (SSSR count). The molecule has 1 N–H and O–H groups in total. The largest absolute Gasteiger partial charge is 0.312 e. The van der Waals surface area contributed by atoms with Gasteiger partial charge < -0.3 is 5.32 Å². The van der Waals surface area contributed by atoms with Crippen molar-refractivity contribution in [2.24, 2.45) is 0 Å². The molecule has 0 radical (unpaired) electrons. The van der Waals surface area contributed by atoms with Gasteiger partial charge in [-0.15, -0.1) is 0 Å². The van der Waals surface area contributed by atoms with Crippen LogP contribution in [0.4, 0.5) is 0 Å². The molecule has 1 atom stereocenters. The lowest BCUT2D eigenvalue weighted by Crippen LogP contribution is -2.24. The van der Waals surface area contributed by atoms with Gasteiger partial charge in [0, 0.05) is 19.0 Å². The third kappa shape index (κ3) is 1.56. The standard InChI is InChI=1S/C11H13N/c1-2-5-10(6-3-1)11-7-4-8-12-9-11/h1-7,11-12H,8-9H2. The average Bonchev–Trinajstić information content (AvgIpc) is 2.21. The summed E-state index contributed by atoms with van der Waals surface area (Å²) in [5, 5.41) is 3.35. The summed E-state index contributed by atoms with van der Waals surface area (Å²) < 4.78 is 0.